The van der Waals surface area contributed by atoms with Gasteiger partial charge in [0.1, 0.15) is 0 Å². The van der Waals surface area contributed by atoms with E-state index in [1.165, 1.54) is 0 Å². The number of hydrogen-bond donors (Lipinski definition) is 0. The smallest absolute Gasteiger partial charge is 0.276 e. The van der Waals surface area contributed by atoms with Gasteiger partial charge in [-0.25, -0.2) is 0 Å². The van der Waals surface area contributed by atoms with Crippen molar-refractivity contribution in [3.05, 3.63) is 0 Å². The standard InChI is InChI=1S/HO3P.H2O.Pb/c1-4(2)3;;/h(H,1,2,3);1H2;/p-1. The van der Waals surface area contributed by atoms with Gasteiger partial charge in [0.15, 0.2) is 0 Å². The molecule has 6 heavy (non-hydrogen) atoms. The molecule has 4 nitrogen and oxygen atoms in total. The summed E-state index contributed by atoms with van der Waals surface area (Å²) in [7, 11) is -3.37. The van der Waals surface area contributed by atoms with E-state index >= 15 is 0 Å². The molecule has 0 bridgehead atoms. The number of rotatable bonds is 0. The molecule has 0 unspecified atom stereocenters. The summed E-state index contributed by atoms with van der Waals surface area (Å²) >= 11 is 0. The predicted octanol–water partition coefficient (Wildman–Crippen LogP) is -2.84. The molecule has 0 atom stereocenters. The SMILES string of the molecule is O.O=[P+]([O-])[O-].[Pb]. The first-order valence-corrected chi connectivity index (χ1v) is 1.64. The minimum absolute atomic E-state index is 0. The van der Waals surface area contributed by atoms with Gasteiger partial charge < -0.3 is 15.3 Å². The topological polar surface area (TPSA) is 94.7 Å². The second-order valence-electron chi connectivity index (χ2n) is 0.224. The Morgan fingerprint density at radius 2 is 1.33 bits per heavy atom. The van der Waals surface area contributed by atoms with E-state index in [2.05, 4.69) is 0 Å². The zero-order valence-corrected chi connectivity index (χ0v) is 7.45. The van der Waals surface area contributed by atoms with Crippen molar-refractivity contribution in [2.24, 2.45) is 0 Å². The largest absolute Gasteiger partial charge is 0.598 e. The zero-order chi connectivity index (χ0) is 3.58. The summed E-state index contributed by atoms with van der Waals surface area (Å²) in [6, 6.07) is 0. The monoisotopic (exact) mass is 305 g/mol. The van der Waals surface area contributed by atoms with Crippen LogP contribution in [0.3, 0.4) is 0 Å². The Kier molecular flexibility index (Phi) is 24.5. The van der Waals surface area contributed by atoms with Gasteiger partial charge in [-0.15, -0.1) is 0 Å². The molecule has 0 amide bonds. The predicted molar refractivity (Wildman–Crippen MR) is 17.0 cm³/mol. The van der Waals surface area contributed by atoms with Crippen LogP contribution in [0.5, 0.6) is 0 Å². The molecule has 0 spiro atoms. The molecule has 4 radical (unpaired) electrons. The minimum atomic E-state index is -3.37. The van der Waals surface area contributed by atoms with Crippen LogP contribution in [0.15, 0.2) is 0 Å². The maximum absolute atomic E-state index is 8.48. The fraction of sp³-hybridized carbons (Fsp3) is 0. The molecule has 0 aromatic carbocycles. The van der Waals surface area contributed by atoms with E-state index in [0.717, 1.165) is 0 Å². The van der Waals surface area contributed by atoms with Crippen LogP contribution < -0.4 is 9.79 Å². The van der Waals surface area contributed by atoms with Crippen molar-refractivity contribution in [3.63, 3.8) is 0 Å². The summed E-state index contributed by atoms with van der Waals surface area (Å²) in [4.78, 5) is 17.0. The normalized spacial score (nSPS) is 4.33. The van der Waals surface area contributed by atoms with Gasteiger partial charge in [0.25, 0.3) is 8.25 Å². The third-order valence-corrected chi connectivity index (χ3v) is 0. The van der Waals surface area contributed by atoms with E-state index in [-0.39, 0.29) is 32.8 Å². The third-order valence-electron chi connectivity index (χ3n) is 0. The average molecular weight is 304 g/mol. The zero-order valence-electron chi connectivity index (χ0n) is 2.67. The second-order valence-corrected chi connectivity index (χ2v) is 0.671. The summed E-state index contributed by atoms with van der Waals surface area (Å²) in [5, 5.41) is 0. The molecular formula is H2O4PPb-. The fourth-order valence-corrected chi connectivity index (χ4v) is 0. The number of hydrogen-bond acceptors (Lipinski definition) is 3. The first-order chi connectivity index (χ1) is 1.73. The van der Waals surface area contributed by atoms with Gasteiger partial charge in [0, 0.05) is 27.3 Å². The molecule has 36 valence electrons. The van der Waals surface area contributed by atoms with Gasteiger partial charge in [-0.2, -0.15) is 0 Å². The minimum Gasteiger partial charge on any atom is -0.598 e. The van der Waals surface area contributed by atoms with Gasteiger partial charge in [0.05, 0.1) is 0 Å². The maximum Gasteiger partial charge on any atom is 0.276 e. The molecule has 0 aliphatic rings. The summed E-state index contributed by atoms with van der Waals surface area (Å²) in [5.74, 6) is 0. The summed E-state index contributed by atoms with van der Waals surface area (Å²) in [5.41, 5.74) is 0. The van der Waals surface area contributed by atoms with Crippen LogP contribution in [0.4, 0.5) is 0 Å². The molecule has 0 fully saturated rings. The van der Waals surface area contributed by atoms with Crippen molar-refractivity contribution < 1.29 is 19.8 Å². The fourth-order valence-electron chi connectivity index (χ4n) is 0. The Morgan fingerprint density at radius 1 is 1.33 bits per heavy atom. The molecule has 6 heteroatoms. The van der Waals surface area contributed by atoms with Crippen molar-refractivity contribution in [2.75, 3.05) is 0 Å². The Hall–Kier alpha value is 0.902. The van der Waals surface area contributed by atoms with Crippen LogP contribution in [0, 0.1) is 0 Å². The van der Waals surface area contributed by atoms with Gasteiger partial charge in [-0.1, -0.05) is 4.57 Å². The van der Waals surface area contributed by atoms with E-state index in [1.54, 1.807) is 0 Å². The van der Waals surface area contributed by atoms with Gasteiger partial charge in [0.2, 0.25) is 0 Å². The van der Waals surface area contributed by atoms with Gasteiger partial charge in [-0.3, -0.25) is 0 Å². The molecular weight excluding hydrogens is 302 g/mol. The summed E-state index contributed by atoms with van der Waals surface area (Å²) in [6.07, 6.45) is 0. The van der Waals surface area contributed by atoms with Crippen LogP contribution >= 0.6 is 8.25 Å². The second kappa shape index (κ2) is 9.31. The van der Waals surface area contributed by atoms with E-state index in [1.807, 2.05) is 0 Å². The summed E-state index contributed by atoms with van der Waals surface area (Å²) in [6.45, 7) is 0. The van der Waals surface area contributed by atoms with Crippen LogP contribution in [0.1, 0.15) is 0 Å². The Labute approximate surface area is 55.6 Å². The van der Waals surface area contributed by atoms with Crippen LogP contribution in [0.25, 0.3) is 0 Å². The van der Waals surface area contributed by atoms with E-state index in [4.69, 9.17) is 14.4 Å². The molecule has 0 saturated carbocycles. The molecule has 2 N–H and O–H groups in total. The van der Waals surface area contributed by atoms with Gasteiger partial charge >= 0.3 is 0 Å². The Morgan fingerprint density at radius 3 is 1.33 bits per heavy atom. The van der Waals surface area contributed by atoms with Crippen molar-refractivity contribution in [1.82, 2.24) is 0 Å². The molecule has 0 aliphatic carbocycles. The van der Waals surface area contributed by atoms with Crippen molar-refractivity contribution >= 4 is 35.6 Å². The van der Waals surface area contributed by atoms with E-state index in [9.17, 15) is 0 Å². The molecule has 0 heterocycles. The molecule has 0 aromatic rings. The average Bonchev–Trinajstić information content (AvgIpc) is 0.811. The molecule has 0 aromatic heterocycles. The van der Waals surface area contributed by atoms with Gasteiger partial charge in [-0.05, 0) is 0 Å². The Balaban J connectivity index is -0.0000000450. The maximum atomic E-state index is 8.48. The van der Waals surface area contributed by atoms with Crippen molar-refractivity contribution in [2.45, 2.75) is 0 Å². The van der Waals surface area contributed by atoms with Crippen molar-refractivity contribution in [1.29, 1.82) is 0 Å². The van der Waals surface area contributed by atoms with E-state index < -0.39 is 8.25 Å². The quantitative estimate of drug-likeness (QED) is 0.356. The summed E-state index contributed by atoms with van der Waals surface area (Å²) < 4.78 is 8.48. The first-order valence-electron chi connectivity index (χ1n) is 0.548. The van der Waals surface area contributed by atoms with E-state index in [0.29, 0.717) is 0 Å². The van der Waals surface area contributed by atoms with Crippen LogP contribution in [-0.4, -0.2) is 32.8 Å². The third kappa shape index (κ3) is 91.7. The van der Waals surface area contributed by atoms with Crippen molar-refractivity contribution in [3.8, 4) is 0 Å². The molecule has 0 saturated heterocycles. The molecule has 0 rings (SSSR count). The van der Waals surface area contributed by atoms with Crippen LogP contribution in [-0.2, 0) is 4.57 Å². The Bertz CT molecular complexity index is 30.5. The molecule has 0 aliphatic heterocycles. The first kappa shape index (κ1) is 15.8. The van der Waals surface area contributed by atoms with Crippen LogP contribution in [0.2, 0.25) is 0 Å².